The third kappa shape index (κ3) is 8.73. The first-order valence-electron chi connectivity index (χ1n) is 9.49. The lowest BCUT2D eigenvalue weighted by Crippen LogP contribution is -2.38. The average Bonchev–Trinajstić information content (AvgIpc) is 3.21. The van der Waals surface area contributed by atoms with E-state index < -0.39 is 0 Å². The number of benzene rings is 1. The maximum atomic E-state index is 11.3. The number of carbonyl (C=O) groups excluding carboxylic acids is 1. The van der Waals surface area contributed by atoms with Crippen molar-refractivity contribution in [2.75, 3.05) is 26.2 Å². The number of hydrogen-bond acceptors (Lipinski definition) is 4. The summed E-state index contributed by atoms with van der Waals surface area (Å²) in [7, 11) is 0. The van der Waals surface area contributed by atoms with Crippen LogP contribution in [-0.4, -0.2) is 48.0 Å². The SMILES string of the molecule is CCNC(=NCCCC(=O)OCC)NCCc1ccc(-n2cccn2)cc1.I. The van der Waals surface area contributed by atoms with Crippen molar-refractivity contribution in [2.45, 2.75) is 33.1 Å². The van der Waals surface area contributed by atoms with Gasteiger partial charge in [0.1, 0.15) is 0 Å². The fraction of sp³-hybridized carbons (Fsp3) is 0.450. The van der Waals surface area contributed by atoms with E-state index in [1.165, 1.54) is 5.56 Å². The van der Waals surface area contributed by atoms with E-state index in [0.717, 1.165) is 31.2 Å². The Bertz CT molecular complexity index is 702. The number of guanidine groups is 1. The van der Waals surface area contributed by atoms with E-state index in [4.69, 9.17) is 4.74 Å². The Hall–Kier alpha value is -2.10. The van der Waals surface area contributed by atoms with Gasteiger partial charge in [-0.2, -0.15) is 5.10 Å². The molecule has 0 aliphatic rings. The summed E-state index contributed by atoms with van der Waals surface area (Å²) in [6, 6.07) is 10.3. The van der Waals surface area contributed by atoms with E-state index >= 15 is 0 Å². The van der Waals surface area contributed by atoms with Crippen LogP contribution in [0.2, 0.25) is 0 Å². The second-order valence-electron chi connectivity index (χ2n) is 5.96. The summed E-state index contributed by atoms with van der Waals surface area (Å²) >= 11 is 0. The molecule has 0 amide bonds. The van der Waals surface area contributed by atoms with Gasteiger partial charge in [0.2, 0.25) is 0 Å². The van der Waals surface area contributed by atoms with Crippen LogP contribution in [0.25, 0.3) is 5.69 Å². The fourth-order valence-electron chi connectivity index (χ4n) is 2.55. The second-order valence-corrected chi connectivity index (χ2v) is 5.96. The predicted octanol–water partition coefficient (Wildman–Crippen LogP) is 2.93. The normalized spacial score (nSPS) is 10.9. The van der Waals surface area contributed by atoms with Crippen LogP contribution in [-0.2, 0) is 16.0 Å². The van der Waals surface area contributed by atoms with Crippen molar-refractivity contribution in [3.63, 3.8) is 0 Å². The molecule has 2 aromatic rings. The number of nitrogens with zero attached hydrogens (tertiary/aromatic N) is 3. The highest BCUT2D eigenvalue weighted by molar-refractivity contribution is 14.0. The number of aromatic nitrogens is 2. The Morgan fingerprint density at radius 1 is 1.21 bits per heavy atom. The highest BCUT2D eigenvalue weighted by Gasteiger charge is 2.02. The van der Waals surface area contributed by atoms with Gasteiger partial charge in [0, 0.05) is 38.4 Å². The highest BCUT2D eigenvalue weighted by atomic mass is 127. The van der Waals surface area contributed by atoms with Crippen LogP contribution in [0.5, 0.6) is 0 Å². The van der Waals surface area contributed by atoms with E-state index in [1.54, 1.807) is 6.20 Å². The molecular weight excluding hydrogens is 469 g/mol. The average molecular weight is 499 g/mol. The van der Waals surface area contributed by atoms with Crippen LogP contribution >= 0.6 is 24.0 Å². The molecule has 1 aromatic heterocycles. The first kappa shape index (κ1) is 23.9. The lowest BCUT2D eigenvalue weighted by atomic mass is 10.1. The van der Waals surface area contributed by atoms with Crippen molar-refractivity contribution in [3.05, 3.63) is 48.3 Å². The van der Waals surface area contributed by atoms with E-state index in [9.17, 15) is 4.79 Å². The summed E-state index contributed by atoms with van der Waals surface area (Å²) in [6.07, 6.45) is 5.68. The maximum Gasteiger partial charge on any atom is 0.305 e. The van der Waals surface area contributed by atoms with Gasteiger partial charge >= 0.3 is 5.97 Å². The quantitative estimate of drug-likeness (QED) is 0.173. The first-order valence-corrected chi connectivity index (χ1v) is 9.49. The van der Waals surface area contributed by atoms with Gasteiger partial charge in [-0.05, 0) is 50.5 Å². The molecule has 0 radical (unpaired) electrons. The molecule has 0 bridgehead atoms. The molecule has 1 heterocycles. The molecule has 0 aliphatic heterocycles. The smallest absolute Gasteiger partial charge is 0.305 e. The molecular formula is C20H30IN5O2. The van der Waals surface area contributed by atoms with E-state index in [-0.39, 0.29) is 29.9 Å². The molecule has 1 aromatic carbocycles. The lowest BCUT2D eigenvalue weighted by molar-refractivity contribution is -0.143. The van der Waals surface area contributed by atoms with Gasteiger partial charge in [-0.3, -0.25) is 9.79 Å². The molecule has 8 heteroatoms. The molecule has 0 saturated carbocycles. The van der Waals surface area contributed by atoms with Gasteiger partial charge < -0.3 is 15.4 Å². The molecule has 28 heavy (non-hydrogen) atoms. The molecule has 0 atom stereocenters. The molecule has 0 saturated heterocycles. The maximum absolute atomic E-state index is 11.3. The molecule has 0 aliphatic carbocycles. The van der Waals surface area contributed by atoms with Gasteiger partial charge in [-0.25, -0.2) is 4.68 Å². The number of rotatable bonds is 10. The summed E-state index contributed by atoms with van der Waals surface area (Å²) in [4.78, 5) is 15.8. The van der Waals surface area contributed by atoms with Crippen LogP contribution in [0.3, 0.4) is 0 Å². The monoisotopic (exact) mass is 499 g/mol. The zero-order valence-corrected chi connectivity index (χ0v) is 18.9. The van der Waals surface area contributed by atoms with Crippen LogP contribution in [0, 0.1) is 0 Å². The van der Waals surface area contributed by atoms with Gasteiger partial charge in [-0.15, -0.1) is 24.0 Å². The molecule has 154 valence electrons. The number of hydrogen-bond donors (Lipinski definition) is 2. The van der Waals surface area contributed by atoms with Crippen LogP contribution in [0.4, 0.5) is 0 Å². The topological polar surface area (TPSA) is 80.5 Å². The number of nitrogens with one attached hydrogen (secondary N) is 2. The Balaban J connectivity index is 0.00000392. The summed E-state index contributed by atoms with van der Waals surface area (Å²) in [5.41, 5.74) is 2.30. The van der Waals surface area contributed by atoms with Crippen molar-refractivity contribution in [3.8, 4) is 5.69 Å². The fourth-order valence-corrected chi connectivity index (χ4v) is 2.55. The molecule has 0 unspecified atom stereocenters. The van der Waals surface area contributed by atoms with Crippen molar-refractivity contribution in [1.82, 2.24) is 20.4 Å². The largest absolute Gasteiger partial charge is 0.466 e. The summed E-state index contributed by atoms with van der Waals surface area (Å²) in [5, 5.41) is 10.8. The zero-order chi connectivity index (χ0) is 19.3. The lowest BCUT2D eigenvalue weighted by Gasteiger charge is -2.11. The van der Waals surface area contributed by atoms with E-state index in [2.05, 4.69) is 45.0 Å². The Morgan fingerprint density at radius 3 is 2.64 bits per heavy atom. The van der Waals surface area contributed by atoms with E-state index in [0.29, 0.717) is 26.0 Å². The Kier molecular flexibility index (Phi) is 11.9. The van der Waals surface area contributed by atoms with Crippen molar-refractivity contribution >= 4 is 35.9 Å². The van der Waals surface area contributed by atoms with E-state index in [1.807, 2.05) is 30.8 Å². The van der Waals surface area contributed by atoms with Crippen molar-refractivity contribution < 1.29 is 9.53 Å². The van der Waals surface area contributed by atoms with Gasteiger partial charge in [0.05, 0.1) is 12.3 Å². The number of ether oxygens (including phenoxy) is 1. The molecule has 2 N–H and O–H groups in total. The molecule has 0 spiro atoms. The summed E-state index contributed by atoms with van der Waals surface area (Å²) < 4.78 is 6.76. The standard InChI is InChI=1S/C20H29N5O2.HI/c1-3-21-20(22-13-5-7-19(26)27-4-2)23-15-12-17-8-10-18(11-9-17)25-16-6-14-24-25;/h6,8-11,14,16H,3-5,7,12-13,15H2,1-2H3,(H2,21,22,23);1H. The molecule has 2 rings (SSSR count). The summed E-state index contributed by atoms with van der Waals surface area (Å²) in [5.74, 6) is 0.610. The highest BCUT2D eigenvalue weighted by Crippen LogP contribution is 2.08. The minimum absolute atomic E-state index is 0. The molecule has 7 nitrogen and oxygen atoms in total. The second kappa shape index (κ2) is 14.0. The number of esters is 1. The minimum Gasteiger partial charge on any atom is -0.466 e. The van der Waals surface area contributed by atoms with Crippen molar-refractivity contribution in [1.29, 1.82) is 0 Å². The summed E-state index contributed by atoms with van der Waals surface area (Å²) in [6.45, 7) is 6.44. The van der Waals surface area contributed by atoms with Gasteiger partial charge in [0.15, 0.2) is 5.96 Å². The zero-order valence-electron chi connectivity index (χ0n) is 16.6. The van der Waals surface area contributed by atoms with Crippen molar-refractivity contribution in [2.24, 2.45) is 4.99 Å². The molecule has 0 fully saturated rings. The number of carbonyl (C=O) groups is 1. The van der Waals surface area contributed by atoms with Gasteiger partial charge in [0.25, 0.3) is 0 Å². The predicted molar refractivity (Wildman–Crippen MR) is 123 cm³/mol. The Labute approximate surface area is 184 Å². The third-order valence-electron chi connectivity index (χ3n) is 3.87. The minimum atomic E-state index is -0.163. The first-order chi connectivity index (χ1) is 13.2. The number of aliphatic imine (C=N–C) groups is 1. The van der Waals surface area contributed by atoms with Crippen LogP contribution in [0.15, 0.2) is 47.7 Å². The Morgan fingerprint density at radius 2 is 2.00 bits per heavy atom. The number of halogens is 1. The third-order valence-corrected chi connectivity index (χ3v) is 3.87. The van der Waals surface area contributed by atoms with Crippen LogP contribution < -0.4 is 10.6 Å². The van der Waals surface area contributed by atoms with Crippen LogP contribution in [0.1, 0.15) is 32.3 Å². The van der Waals surface area contributed by atoms with Gasteiger partial charge in [-0.1, -0.05) is 12.1 Å².